The highest BCUT2D eigenvalue weighted by atomic mass is 16.2. The van der Waals surface area contributed by atoms with Gasteiger partial charge in [-0.1, -0.05) is 12.8 Å². The molecule has 2 aromatic heterocycles. The van der Waals surface area contributed by atoms with Crippen LogP contribution in [0, 0.1) is 5.92 Å². The molecule has 2 aromatic rings. The van der Waals surface area contributed by atoms with Crippen molar-refractivity contribution in [2.45, 2.75) is 57.9 Å². The van der Waals surface area contributed by atoms with Gasteiger partial charge in [0, 0.05) is 50.5 Å². The number of nitrogens with one attached hydrogen (secondary N) is 1. The van der Waals surface area contributed by atoms with Crippen LogP contribution in [-0.4, -0.2) is 51.1 Å². The topological polar surface area (TPSA) is 80.1 Å². The van der Waals surface area contributed by atoms with E-state index >= 15 is 0 Å². The number of likely N-dealkylation sites (tertiary alicyclic amines) is 1. The summed E-state index contributed by atoms with van der Waals surface area (Å²) in [7, 11) is 0. The summed E-state index contributed by atoms with van der Waals surface area (Å²) in [6.45, 7) is 4.19. The van der Waals surface area contributed by atoms with E-state index in [0.717, 1.165) is 36.2 Å². The highest BCUT2D eigenvalue weighted by Gasteiger charge is 2.32. The first-order valence-corrected chi connectivity index (χ1v) is 10.5. The Labute approximate surface area is 165 Å². The standard InChI is InChI=1S/C21H29N5O2/c1-15(27)22-10-12-26-21-18(7-4-9-23-21)20(24-26)17-8-11-25(14-17)19(28)13-16-5-2-3-6-16/h4,7,9,16-17H,2-3,5-6,8,10-14H2,1H3,(H,22,27)/t17-/m1/s1. The normalized spacial score (nSPS) is 20.2. The lowest BCUT2D eigenvalue weighted by atomic mass is 10.0. The molecule has 0 bridgehead atoms. The van der Waals surface area contributed by atoms with Gasteiger partial charge in [0.1, 0.15) is 0 Å². The van der Waals surface area contributed by atoms with Crippen molar-refractivity contribution in [2.24, 2.45) is 5.92 Å². The maximum Gasteiger partial charge on any atom is 0.222 e. The predicted molar refractivity (Wildman–Crippen MR) is 107 cm³/mol. The van der Waals surface area contributed by atoms with Crippen LogP contribution >= 0.6 is 0 Å². The van der Waals surface area contributed by atoms with Crippen LogP contribution in [0.15, 0.2) is 18.3 Å². The largest absolute Gasteiger partial charge is 0.354 e. The van der Waals surface area contributed by atoms with E-state index in [1.54, 1.807) is 6.20 Å². The Hall–Kier alpha value is -2.44. The molecule has 1 saturated carbocycles. The second kappa shape index (κ2) is 8.29. The van der Waals surface area contributed by atoms with Crippen molar-refractivity contribution in [3.8, 4) is 0 Å². The van der Waals surface area contributed by atoms with Crippen LogP contribution < -0.4 is 5.32 Å². The Morgan fingerprint density at radius 2 is 2.07 bits per heavy atom. The second-order valence-electron chi connectivity index (χ2n) is 8.15. The molecule has 1 aliphatic heterocycles. The van der Waals surface area contributed by atoms with Crippen molar-refractivity contribution >= 4 is 22.8 Å². The zero-order valence-electron chi connectivity index (χ0n) is 16.6. The molecule has 2 amide bonds. The fourth-order valence-electron chi connectivity index (χ4n) is 4.63. The molecule has 3 heterocycles. The van der Waals surface area contributed by atoms with E-state index in [-0.39, 0.29) is 11.8 Å². The van der Waals surface area contributed by atoms with E-state index in [2.05, 4.69) is 16.4 Å². The van der Waals surface area contributed by atoms with Crippen molar-refractivity contribution in [3.05, 3.63) is 24.0 Å². The fraction of sp³-hybridized carbons (Fsp3) is 0.619. The van der Waals surface area contributed by atoms with Crippen LogP contribution in [0.3, 0.4) is 0 Å². The molecule has 0 aromatic carbocycles. The van der Waals surface area contributed by atoms with Gasteiger partial charge in [0.15, 0.2) is 5.65 Å². The van der Waals surface area contributed by atoms with E-state index in [0.29, 0.717) is 31.3 Å². The van der Waals surface area contributed by atoms with Gasteiger partial charge in [-0.15, -0.1) is 0 Å². The first-order valence-electron chi connectivity index (χ1n) is 10.5. The maximum absolute atomic E-state index is 12.7. The molecule has 0 spiro atoms. The molecule has 150 valence electrons. The van der Waals surface area contributed by atoms with E-state index in [1.165, 1.54) is 32.6 Å². The smallest absolute Gasteiger partial charge is 0.222 e. The van der Waals surface area contributed by atoms with Gasteiger partial charge in [0.05, 0.1) is 12.2 Å². The van der Waals surface area contributed by atoms with Gasteiger partial charge in [0.25, 0.3) is 0 Å². The summed E-state index contributed by atoms with van der Waals surface area (Å²) in [5, 5.41) is 8.70. The van der Waals surface area contributed by atoms with Gasteiger partial charge in [-0.3, -0.25) is 9.59 Å². The zero-order valence-corrected chi connectivity index (χ0v) is 16.6. The number of hydrogen-bond donors (Lipinski definition) is 1. The minimum atomic E-state index is -0.0446. The molecule has 7 nitrogen and oxygen atoms in total. The van der Waals surface area contributed by atoms with Crippen LogP contribution in [0.4, 0.5) is 0 Å². The number of fused-ring (bicyclic) bond motifs is 1. The Morgan fingerprint density at radius 1 is 1.25 bits per heavy atom. The average Bonchev–Trinajstić information content (AvgIpc) is 3.41. The van der Waals surface area contributed by atoms with Gasteiger partial charge < -0.3 is 10.2 Å². The minimum Gasteiger partial charge on any atom is -0.354 e. The van der Waals surface area contributed by atoms with Crippen molar-refractivity contribution in [1.29, 1.82) is 0 Å². The number of amides is 2. The summed E-state index contributed by atoms with van der Waals surface area (Å²) in [5.41, 5.74) is 1.88. The van der Waals surface area contributed by atoms with Gasteiger partial charge >= 0.3 is 0 Å². The quantitative estimate of drug-likeness (QED) is 0.831. The molecule has 1 aliphatic carbocycles. The molecule has 0 unspecified atom stereocenters. The monoisotopic (exact) mass is 383 g/mol. The molecule has 7 heteroatoms. The number of pyridine rings is 1. The van der Waals surface area contributed by atoms with E-state index in [1.807, 2.05) is 15.6 Å². The van der Waals surface area contributed by atoms with Crippen LogP contribution in [0.1, 0.15) is 57.1 Å². The molecule has 2 aliphatic rings. The summed E-state index contributed by atoms with van der Waals surface area (Å²) < 4.78 is 1.88. The van der Waals surface area contributed by atoms with Crippen molar-refractivity contribution < 1.29 is 9.59 Å². The van der Waals surface area contributed by atoms with Crippen LogP contribution in [0.25, 0.3) is 11.0 Å². The van der Waals surface area contributed by atoms with Crippen LogP contribution in [-0.2, 0) is 16.1 Å². The van der Waals surface area contributed by atoms with E-state index in [4.69, 9.17) is 5.10 Å². The number of nitrogens with zero attached hydrogens (tertiary/aromatic N) is 4. The van der Waals surface area contributed by atoms with Crippen LogP contribution in [0.5, 0.6) is 0 Å². The third kappa shape index (κ3) is 4.03. The molecule has 1 saturated heterocycles. The second-order valence-corrected chi connectivity index (χ2v) is 8.15. The summed E-state index contributed by atoms with van der Waals surface area (Å²) >= 11 is 0. The van der Waals surface area contributed by atoms with E-state index < -0.39 is 0 Å². The van der Waals surface area contributed by atoms with Crippen molar-refractivity contribution in [1.82, 2.24) is 25.0 Å². The molecule has 1 N–H and O–H groups in total. The third-order valence-corrected chi connectivity index (χ3v) is 6.10. The van der Waals surface area contributed by atoms with Gasteiger partial charge in [0.2, 0.25) is 11.8 Å². The van der Waals surface area contributed by atoms with Crippen LogP contribution in [0.2, 0.25) is 0 Å². The number of aromatic nitrogens is 3. The minimum absolute atomic E-state index is 0.0446. The molecule has 2 fully saturated rings. The van der Waals surface area contributed by atoms with Gasteiger partial charge in [-0.2, -0.15) is 5.10 Å². The summed E-state index contributed by atoms with van der Waals surface area (Å²) in [6.07, 6.45) is 8.39. The Bertz CT molecular complexity index is 856. The lowest BCUT2D eigenvalue weighted by molar-refractivity contribution is -0.131. The highest BCUT2D eigenvalue weighted by Crippen LogP contribution is 2.33. The number of carbonyl (C=O) groups is 2. The SMILES string of the molecule is CC(=O)NCCn1nc([C@@H]2CCN(C(=O)CC3CCCC3)C2)c2cccnc21. The predicted octanol–water partition coefficient (Wildman–Crippen LogP) is 2.46. The Balaban J connectivity index is 1.46. The number of rotatable bonds is 6. The fourth-order valence-corrected chi connectivity index (χ4v) is 4.63. The maximum atomic E-state index is 12.7. The van der Waals surface area contributed by atoms with Crippen molar-refractivity contribution in [3.63, 3.8) is 0 Å². The Kier molecular flexibility index (Phi) is 5.59. The summed E-state index contributed by atoms with van der Waals surface area (Å²) in [6, 6.07) is 3.99. The molecular formula is C21H29N5O2. The first-order chi connectivity index (χ1) is 13.6. The highest BCUT2D eigenvalue weighted by molar-refractivity contribution is 5.80. The molecule has 1 atom stereocenters. The van der Waals surface area contributed by atoms with Gasteiger partial charge in [-0.25, -0.2) is 9.67 Å². The average molecular weight is 383 g/mol. The van der Waals surface area contributed by atoms with Crippen molar-refractivity contribution in [2.75, 3.05) is 19.6 Å². The lowest BCUT2D eigenvalue weighted by Crippen LogP contribution is -2.29. The summed E-state index contributed by atoms with van der Waals surface area (Å²) in [4.78, 5) is 30.4. The summed E-state index contributed by atoms with van der Waals surface area (Å²) in [5.74, 6) is 1.10. The number of carbonyl (C=O) groups excluding carboxylic acids is 2. The lowest BCUT2D eigenvalue weighted by Gasteiger charge is -2.18. The molecule has 0 radical (unpaired) electrons. The first kappa shape index (κ1) is 18.9. The molecule has 28 heavy (non-hydrogen) atoms. The van der Waals surface area contributed by atoms with E-state index in [9.17, 15) is 9.59 Å². The van der Waals surface area contributed by atoms with Gasteiger partial charge in [-0.05, 0) is 37.3 Å². The Morgan fingerprint density at radius 3 is 2.86 bits per heavy atom. The third-order valence-electron chi connectivity index (χ3n) is 6.10. The number of hydrogen-bond acceptors (Lipinski definition) is 4. The molecule has 4 rings (SSSR count). The molecular weight excluding hydrogens is 354 g/mol. The zero-order chi connectivity index (χ0) is 19.5.